The Labute approximate surface area is 354 Å². The third-order valence-corrected chi connectivity index (χ3v) is 9.95. The van der Waals surface area contributed by atoms with E-state index < -0.39 is 64.2 Å². The zero-order valence-electron chi connectivity index (χ0n) is 33.1. The highest BCUT2D eigenvalue weighted by atomic mass is 16.5. The van der Waals surface area contributed by atoms with Crippen molar-refractivity contribution in [2.24, 2.45) is 0 Å². The molecule has 2 amide bonds. The average Bonchev–Trinajstić information content (AvgIpc) is 3.30. The van der Waals surface area contributed by atoms with Crippen LogP contribution in [0.1, 0.15) is 50.2 Å². The number of ether oxygens (including phenoxy) is 3. The van der Waals surface area contributed by atoms with E-state index in [0.29, 0.717) is 16.7 Å². The first-order valence-corrected chi connectivity index (χ1v) is 19.4. The number of rotatable bonds is 18. The maximum absolute atomic E-state index is 14.2. The molecule has 0 fully saturated rings. The smallest absolute Gasteiger partial charge is 0.404 e. The summed E-state index contributed by atoms with van der Waals surface area (Å²) in [6, 6.07) is 38.4. The van der Waals surface area contributed by atoms with Crippen molar-refractivity contribution in [1.82, 2.24) is 10.6 Å². The Bertz CT molecular complexity index is 2670. The van der Waals surface area contributed by atoms with Gasteiger partial charge in [-0.05, 0) is 28.8 Å². The van der Waals surface area contributed by atoms with Gasteiger partial charge in [-0.2, -0.15) is 0 Å². The molecular weight excluding hydrogens is 797 g/mol. The largest absolute Gasteiger partial charge is 0.482 e. The van der Waals surface area contributed by atoms with E-state index in [0.717, 1.165) is 37.0 Å². The number of carbonyl (C=O) groups excluding carboxylic acids is 1. The van der Waals surface area contributed by atoms with Crippen molar-refractivity contribution < 1.29 is 42.2 Å². The van der Waals surface area contributed by atoms with E-state index in [-0.39, 0.29) is 48.4 Å². The van der Waals surface area contributed by atoms with Gasteiger partial charge in [0.05, 0.1) is 24.7 Å². The standard InChI is InChI=1S/C48H40N2O12/c51-37-21-24-57-40(41(37)60-28-32-13-5-1-6-14-32)36(27-49-47(55)56)48(31-50-46(54)35-19-11-4-12-20-35,44-42(38(52)22-25-58-44)61-29-33-15-7-2-8-16-33)45-43(39(53)23-26-59-45)62-30-34-17-9-3-10-18-34/h1-26,36,49H,27-31H2,(H,50,54)(H,55,56). The van der Waals surface area contributed by atoms with E-state index in [4.69, 9.17) is 27.5 Å². The van der Waals surface area contributed by atoms with Gasteiger partial charge in [-0.1, -0.05) is 109 Å². The molecule has 1 atom stereocenters. The number of benzene rings is 4. The summed E-state index contributed by atoms with van der Waals surface area (Å²) in [4.78, 5) is 68.9. The second kappa shape index (κ2) is 19.7. The van der Waals surface area contributed by atoms with Crippen LogP contribution >= 0.6 is 0 Å². The molecule has 3 aromatic heterocycles. The topological polar surface area (TPSA) is 197 Å². The van der Waals surface area contributed by atoms with Gasteiger partial charge >= 0.3 is 6.09 Å². The molecule has 4 aromatic carbocycles. The molecule has 0 saturated heterocycles. The second-order valence-corrected chi connectivity index (χ2v) is 13.9. The van der Waals surface area contributed by atoms with Gasteiger partial charge in [0.1, 0.15) is 25.2 Å². The number of carboxylic acid groups (broad SMARTS) is 1. The molecule has 314 valence electrons. The van der Waals surface area contributed by atoms with E-state index in [1.807, 2.05) is 18.2 Å². The summed E-state index contributed by atoms with van der Waals surface area (Å²) in [5.74, 6) is -4.27. The summed E-state index contributed by atoms with van der Waals surface area (Å²) in [6.45, 7) is -1.69. The van der Waals surface area contributed by atoms with Gasteiger partial charge in [0, 0.05) is 36.9 Å². The number of nitrogens with one attached hydrogen (secondary N) is 2. The molecule has 0 saturated carbocycles. The summed E-state index contributed by atoms with van der Waals surface area (Å²) < 4.78 is 37.6. The molecular formula is C48H40N2O12. The third kappa shape index (κ3) is 9.66. The molecule has 1 unspecified atom stereocenters. The predicted molar refractivity (Wildman–Crippen MR) is 226 cm³/mol. The first-order valence-electron chi connectivity index (χ1n) is 19.4. The van der Waals surface area contributed by atoms with Crippen LogP contribution in [0.2, 0.25) is 0 Å². The molecule has 7 rings (SSSR count). The highest BCUT2D eigenvalue weighted by Crippen LogP contribution is 2.50. The first kappa shape index (κ1) is 42.0. The van der Waals surface area contributed by atoms with Crippen LogP contribution < -0.4 is 41.1 Å². The predicted octanol–water partition coefficient (Wildman–Crippen LogP) is 7.05. The minimum absolute atomic E-state index is 0.128. The fourth-order valence-corrected chi connectivity index (χ4v) is 6.99. The lowest BCUT2D eigenvalue weighted by molar-refractivity contribution is 0.0930. The SMILES string of the molecule is O=C(O)NCC(c1occc(=O)c1OCc1ccccc1)C(CNC(=O)c1ccccc1)(c1occc(=O)c1OCc1ccccc1)c1occc(=O)c1OCc1ccccc1. The quantitative estimate of drug-likeness (QED) is 0.0798. The number of hydrogen-bond donors (Lipinski definition) is 3. The van der Waals surface area contributed by atoms with E-state index in [1.165, 1.54) is 0 Å². The minimum Gasteiger partial charge on any atom is -0.482 e. The van der Waals surface area contributed by atoms with Gasteiger partial charge < -0.3 is 43.2 Å². The van der Waals surface area contributed by atoms with Gasteiger partial charge in [0.15, 0.2) is 17.3 Å². The first-order chi connectivity index (χ1) is 30.2. The van der Waals surface area contributed by atoms with Crippen LogP contribution in [0.3, 0.4) is 0 Å². The van der Waals surface area contributed by atoms with Crippen molar-refractivity contribution >= 4 is 12.0 Å². The number of hydrogen-bond acceptors (Lipinski definition) is 11. The average molecular weight is 837 g/mol. The molecule has 3 N–H and O–H groups in total. The zero-order chi connectivity index (χ0) is 43.3. The maximum atomic E-state index is 14.2. The van der Waals surface area contributed by atoms with Crippen molar-refractivity contribution in [2.45, 2.75) is 31.2 Å². The van der Waals surface area contributed by atoms with Crippen LogP contribution in [0, 0.1) is 0 Å². The molecule has 62 heavy (non-hydrogen) atoms. The second-order valence-electron chi connectivity index (χ2n) is 13.9. The summed E-state index contributed by atoms with van der Waals surface area (Å²) in [7, 11) is 0. The Morgan fingerprint density at radius 1 is 0.532 bits per heavy atom. The zero-order valence-corrected chi connectivity index (χ0v) is 33.1. The molecule has 14 nitrogen and oxygen atoms in total. The Kier molecular flexibility index (Phi) is 13.4. The van der Waals surface area contributed by atoms with Gasteiger partial charge in [-0.15, -0.1) is 0 Å². The minimum atomic E-state index is -2.26. The third-order valence-electron chi connectivity index (χ3n) is 9.95. The molecule has 0 bridgehead atoms. The Balaban J connectivity index is 1.54. The van der Waals surface area contributed by atoms with E-state index >= 15 is 0 Å². The summed E-state index contributed by atoms with van der Waals surface area (Å²) in [6.07, 6.45) is 1.77. The van der Waals surface area contributed by atoms with Crippen molar-refractivity contribution in [3.63, 3.8) is 0 Å². The van der Waals surface area contributed by atoms with Crippen molar-refractivity contribution in [3.8, 4) is 17.2 Å². The molecule has 14 heteroatoms. The fourth-order valence-electron chi connectivity index (χ4n) is 6.99. The van der Waals surface area contributed by atoms with Crippen LogP contribution in [0.5, 0.6) is 17.2 Å². The fraction of sp³-hybridized carbons (Fsp3) is 0.146. The normalized spacial score (nSPS) is 11.5. The summed E-state index contributed by atoms with van der Waals surface area (Å²) in [5.41, 5.74) is -2.06. The van der Waals surface area contributed by atoms with Gasteiger partial charge in [0.2, 0.25) is 33.5 Å². The summed E-state index contributed by atoms with van der Waals surface area (Å²) in [5, 5.41) is 15.5. The molecule has 0 aliphatic heterocycles. The Hall–Kier alpha value is -8.13. The Morgan fingerprint density at radius 3 is 1.39 bits per heavy atom. The highest BCUT2D eigenvalue weighted by Gasteiger charge is 2.55. The van der Waals surface area contributed by atoms with Gasteiger partial charge in [0.25, 0.3) is 5.91 Å². The summed E-state index contributed by atoms with van der Waals surface area (Å²) >= 11 is 0. The highest BCUT2D eigenvalue weighted by molar-refractivity contribution is 5.94. The van der Waals surface area contributed by atoms with E-state index in [9.17, 15) is 29.1 Å². The molecule has 0 aliphatic rings. The van der Waals surface area contributed by atoms with Crippen molar-refractivity contribution in [1.29, 1.82) is 0 Å². The Morgan fingerprint density at radius 2 is 0.935 bits per heavy atom. The molecule has 0 aliphatic carbocycles. The molecule has 7 aromatic rings. The van der Waals surface area contributed by atoms with Crippen LogP contribution in [0.25, 0.3) is 0 Å². The lowest BCUT2D eigenvalue weighted by Crippen LogP contribution is -2.50. The lowest BCUT2D eigenvalue weighted by Gasteiger charge is -2.39. The maximum Gasteiger partial charge on any atom is 0.404 e. The van der Waals surface area contributed by atoms with Crippen molar-refractivity contribution in [2.75, 3.05) is 13.1 Å². The number of carbonyl (C=O) groups is 2. The van der Waals surface area contributed by atoms with Gasteiger partial charge in [-0.3, -0.25) is 19.2 Å². The van der Waals surface area contributed by atoms with Crippen LogP contribution in [0.15, 0.2) is 186 Å². The van der Waals surface area contributed by atoms with Crippen LogP contribution in [-0.2, 0) is 25.2 Å². The van der Waals surface area contributed by atoms with E-state index in [1.54, 1.807) is 103 Å². The molecule has 3 heterocycles. The van der Waals surface area contributed by atoms with Crippen molar-refractivity contribution in [3.05, 3.63) is 229 Å². The van der Waals surface area contributed by atoms with E-state index in [2.05, 4.69) is 10.6 Å². The molecule has 0 spiro atoms. The number of amides is 2. The monoisotopic (exact) mass is 836 g/mol. The molecule has 0 radical (unpaired) electrons. The van der Waals surface area contributed by atoms with Crippen LogP contribution in [0.4, 0.5) is 4.79 Å². The lowest BCUT2D eigenvalue weighted by atomic mass is 9.68. The van der Waals surface area contributed by atoms with Gasteiger partial charge in [-0.25, -0.2) is 4.79 Å². The van der Waals surface area contributed by atoms with Crippen LogP contribution in [-0.4, -0.2) is 30.2 Å².